The Balaban J connectivity index is 0.00000173. The van der Waals surface area contributed by atoms with Gasteiger partial charge in [0.1, 0.15) is 5.60 Å². The van der Waals surface area contributed by atoms with Crippen LogP contribution in [0.25, 0.3) is 5.57 Å². The molecule has 1 aromatic rings. The minimum Gasteiger partial charge on any atom is -0.382 e. The van der Waals surface area contributed by atoms with Gasteiger partial charge in [-0.25, -0.2) is 0 Å². The van der Waals surface area contributed by atoms with Crippen molar-refractivity contribution in [3.05, 3.63) is 58.8 Å². The van der Waals surface area contributed by atoms with Crippen LogP contribution in [0, 0.1) is 18.3 Å². The van der Waals surface area contributed by atoms with Gasteiger partial charge in [0.2, 0.25) is 0 Å². The summed E-state index contributed by atoms with van der Waals surface area (Å²) in [4.78, 5) is 5.39. The number of nitrogens with one attached hydrogen (secondary N) is 1. The van der Waals surface area contributed by atoms with Crippen molar-refractivity contribution >= 4 is 11.3 Å². The summed E-state index contributed by atoms with van der Waals surface area (Å²) in [5, 5.41) is 3.84. The highest BCUT2D eigenvalue weighted by molar-refractivity contribution is 5.82. The molecule has 0 amide bonds. The first-order valence-corrected chi connectivity index (χ1v) is 17.6. The second-order valence-corrected chi connectivity index (χ2v) is 13.3. The maximum Gasteiger partial charge on any atom is 0.121 e. The van der Waals surface area contributed by atoms with Gasteiger partial charge in [0.15, 0.2) is 0 Å². The highest BCUT2D eigenvalue weighted by atomic mass is 16.5. The number of hydrogen-bond acceptors (Lipinski definition) is 4. The van der Waals surface area contributed by atoms with E-state index in [1.165, 1.54) is 99.9 Å². The summed E-state index contributed by atoms with van der Waals surface area (Å²) >= 11 is 0. The number of benzene rings is 1. The number of ether oxygens (including phenoxy) is 1. The van der Waals surface area contributed by atoms with Gasteiger partial charge >= 0.3 is 0 Å². The zero-order valence-electron chi connectivity index (χ0n) is 27.6. The van der Waals surface area contributed by atoms with Gasteiger partial charge in [-0.1, -0.05) is 82.4 Å². The standard InChI is InChI=1S/C36H53N3O.C2H6/c1-4-20-39(24-23-38-21-11-12-22-38)33-15-9-10-18-35-27-36(33,35)40-25-19-37-32-26-28(2)16-17-31(32)34(29(35)3)30-13-7-5-6-8-14-30;1-2/h10,15-18,26,30,37H,4-9,11-14,19-25,27H2,1-3H3;1-2H3/b34-29+;. The average Bonchev–Trinajstić information content (AvgIpc) is 3.55. The van der Waals surface area contributed by atoms with Crippen LogP contribution in [0.3, 0.4) is 0 Å². The summed E-state index contributed by atoms with van der Waals surface area (Å²) < 4.78 is 7.17. The molecule has 2 atom stereocenters. The lowest BCUT2D eigenvalue weighted by atomic mass is 9.77. The van der Waals surface area contributed by atoms with Gasteiger partial charge in [0.05, 0.1) is 6.61 Å². The van der Waals surface area contributed by atoms with Crippen molar-refractivity contribution in [2.24, 2.45) is 11.3 Å². The Morgan fingerprint density at radius 3 is 2.50 bits per heavy atom. The Hall–Kier alpha value is -2.04. The SMILES string of the molecule is CC.CCCN(CCN1CCCC1)C1=CCC=CC23CC12OCCNc1cc(C)ccc1/C(C1CCCCCC1)=C/3C. The Labute approximate surface area is 257 Å². The summed E-state index contributed by atoms with van der Waals surface area (Å²) in [6.45, 7) is 18.6. The number of hydrogen-bond donors (Lipinski definition) is 1. The number of rotatable bonds is 7. The van der Waals surface area contributed by atoms with Crippen molar-refractivity contribution in [3.63, 3.8) is 0 Å². The van der Waals surface area contributed by atoms with Gasteiger partial charge in [-0.15, -0.1) is 0 Å². The lowest BCUT2D eigenvalue weighted by Crippen LogP contribution is -2.41. The predicted molar refractivity (Wildman–Crippen MR) is 180 cm³/mol. The molecule has 1 aromatic carbocycles. The first-order valence-electron chi connectivity index (χ1n) is 17.6. The second kappa shape index (κ2) is 14.2. The highest BCUT2D eigenvalue weighted by Gasteiger charge is 2.71. The topological polar surface area (TPSA) is 27.7 Å². The number of anilines is 1. The smallest absolute Gasteiger partial charge is 0.121 e. The van der Waals surface area contributed by atoms with Gasteiger partial charge in [0, 0.05) is 48.5 Å². The molecule has 0 radical (unpaired) electrons. The van der Waals surface area contributed by atoms with E-state index in [-0.39, 0.29) is 11.0 Å². The number of likely N-dealkylation sites (tertiary alicyclic amines) is 1. The predicted octanol–water partition coefficient (Wildman–Crippen LogP) is 8.99. The molecule has 42 heavy (non-hydrogen) atoms. The second-order valence-electron chi connectivity index (χ2n) is 13.3. The number of nitrogens with zero attached hydrogens (tertiary/aromatic N) is 2. The van der Waals surface area contributed by atoms with Gasteiger partial charge < -0.3 is 19.9 Å². The lowest BCUT2D eigenvalue weighted by molar-refractivity contribution is 0.0249. The van der Waals surface area contributed by atoms with E-state index in [2.05, 4.69) is 72.3 Å². The minimum absolute atomic E-state index is 0.0455. The maximum absolute atomic E-state index is 7.17. The van der Waals surface area contributed by atoms with Crippen molar-refractivity contribution in [2.75, 3.05) is 51.2 Å². The van der Waals surface area contributed by atoms with Gasteiger partial charge in [-0.2, -0.15) is 0 Å². The Morgan fingerprint density at radius 1 is 1.00 bits per heavy atom. The lowest BCUT2D eigenvalue weighted by Gasteiger charge is -2.38. The molecule has 4 heteroatoms. The van der Waals surface area contributed by atoms with E-state index in [1.807, 2.05) is 13.8 Å². The van der Waals surface area contributed by atoms with E-state index in [4.69, 9.17) is 4.74 Å². The summed E-state index contributed by atoms with van der Waals surface area (Å²) in [5.74, 6) is 0.629. The summed E-state index contributed by atoms with van der Waals surface area (Å²) in [6, 6.07) is 7.13. The van der Waals surface area contributed by atoms with Crippen LogP contribution in [0.5, 0.6) is 0 Å². The van der Waals surface area contributed by atoms with E-state index in [0.717, 1.165) is 39.1 Å². The van der Waals surface area contributed by atoms with Crippen molar-refractivity contribution in [2.45, 2.75) is 111 Å². The third kappa shape index (κ3) is 6.13. The third-order valence-electron chi connectivity index (χ3n) is 10.7. The molecule has 2 aliphatic heterocycles. The van der Waals surface area contributed by atoms with Gasteiger partial charge in [0.25, 0.3) is 0 Å². The summed E-state index contributed by atoms with van der Waals surface area (Å²) in [5.41, 5.74) is 8.47. The van der Waals surface area contributed by atoms with Crippen molar-refractivity contribution in [1.82, 2.24) is 9.80 Å². The fraction of sp³-hybridized carbons (Fsp3) is 0.684. The van der Waals surface area contributed by atoms with Crippen LogP contribution in [-0.4, -0.2) is 61.3 Å². The fourth-order valence-electron chi connectivity index (χ4n) is 8.55. The normalized spacial score (nSPS) is 29.9. The largest absolute Gasteiger partial charge is 0.382 e. The third-order valence-corrected chi connectivity index (χ3v) is 10.7. The van der Waals surface area contributed by atoms with E-state index in [1.54, 1.807) is 11.1 Å². The van der Waals surface area contributed by atoms with Crippen LogP contribution in [-0.2, 0) is 4.74 Å². The van der Waals surface area contributed by atoms with E-state index >= 15 is 0 Å². The van der Waals surface area contributed by atoms with Crippen LogP contribution in [0.4, 0.5) is 5.69 Å². The molecule has 3 aliphatic carbocycles. The van der Waals surface area contributed by atoms with E-state index in [9.17, 15) is 0 Å². The average molecular weight is 574 g/mol. The van der Waals surface area contributed by atoms with Crippen molar-refractivity contribution in [1.29, 1.82) is 0 Å². The molecule has 2 heterocycles. The Kier molecular flexibility index (Phi) is 10.6. The van der Waals surface area contributed by atoms with Crippen LogP contribution >= 0.6 is 0 Å². The fourth-order valence-corrected chi connectivity index (χ4v) is 8.55. The molecule has 0 spiro atoms. The van der Waals surface area contributed by atoms with Crippen molar-refractivity contribution in [3.8, 4) is 0 Å². The molecule has 2 unspecified atom stereocenters. The molecule has 6 rings (SSSR count). The molecule has 1 saturated heterocycles. The maximum atomic E-state index is 7.17. The monoisotopic (exact) mass is 573 g/mol. The van der Waals surface area contributed by atoms with Crippen LogP contribution in [0.15, 0.2) is 47.7 Å². The number of fused-ring (bicyclic) bond motifs is 1. The van der Waals surface area contributed by atoms with Gasteiger partial charge in [-0.05, 0) is 95.0 Å². The van der Waals surface area contributed by atoms with Crippen molar-refractivity contribution < 1.29 is 4.74 Å². The molecule has 232 valence electrons. The molecule has 3 fully saturated rings. The first-order chi connectivity index (χ1) is 20.6. The summed E-state index contributed by atoms with van der Waals surface area (Å²) in [6.07, 6.45) is 21.6. The van der Waals surface area contributed by atoms with Crippen LogP contribution in [0.1, 0.15) is 109 Å². The highest BCUT2D eigenvalue weighted by Crippen LogP contribution is 2.70. The van der Waals surface area contributed by atoms with Crippen LogP contribution < -0.4 is 5.32 Å². The van der Waals surface area contributed by atoms with Crippen LogP contribution in [0.2, 0.25) is 0 Å². The van der Waals surface area contributed by atoms with Gasteiger partial charge in [-0.3, -0.25) is 0 Å². The Morgan fingerprint density at radius 2 is 1.76 bits per heavy atom. The number of aryl methyl sites for hydroxylation is 1. The molecule has 5 aliphatic rings. The molecule has 2 saturated carbocycles. The molecule has 0 bridgehead atoms. The zero-order valence-corrected chi connectivity index (χ0v) is 27.6. The molecule has 1 N–H and O–H groups in total. The zero-order chi connectivity index (χ0) is 29.6. The molecular weight excluding hydrogens is 514 g/mol. The molecular formula is C38H59N3O. The number of allylic oxidation sites excluding steroid dienone is 3. The minimum atomic E-state index is -0.246. The van der Waals surface area contributed by atoms with E-state index < -0.39 is 0 Å². The first kappa shape index (κ1) is 31.4. The quantitative estimate of drug-likeness (QED) is 0.260. The molecule has 4 nitrogen and oxygen atoms in total. The molecule has 0 aromatic heterocycles. The summed E-state index contributed by atoms with van der Waals surface area (Å²) in [7, 11) is 0. The van der Waals surface area contributed by atoms with E-state index in [0.29, 0.717) is 5.92 Å². The Bertz CT molecular complexity index is 1140.